The summed E-state index contributed by atoms with van der Waals surface area (Å²) in [5.74, 6) is 0.366. The molecule has 0 bridgehead atoms. The molecule has 3 rings (SSSR count). The van der Waals surface area contributed by atoms with E-state index in [4.69, 9.17) is 11.6 Å². The topological polar surface area (TPSA) is 54.9 Å². The van der Waals surface area contributed by atoms with E-state index in [0.717, 1.165) is 24.8 Å². The van der Waals surface area contributed by atoms with Crippen LogP contribution in [0.4, 0.5) is 0 Å². The molecular formula is C17H16ClN3O. The third kappa shape index (κ3) is 3.52. The van der Waals surface area contributed by atoms with Gasteiger partial charge in [0.1, 0.15) is 5.69 Å². The molecule has 0 saturated heterocycles. The van der Waals surface area contributed by atoms with Gasteiger partial charge in [-0.25, -0.2) is 9.97 Å². The van der Waals surface area contributed by atoms with Crippen molar-refractivity contribution in [3.63, 3.8) is 0 Å². The predicted octanol–water partition coefficient (Wildman–Crippen LogP) is 3.64. The number of aromatic nitrogens is 2. The Labute approximate surface area is 134 Å². The van der Waals surface area contributed by atoms with Gasteiger partial charge in [-0.1, -0.05) is 23.8 Å². The number of amides is 1. The molecule has 1 N–H and O–H groups in total. The Hall–Kier alpha value is -2.20. The summed E-state index contributed by atoms with van der Waals surface area (Å²) in [6.07, 6.45) is 8.70. The highest BCUT2D eigenvalue weighted by Crippen LogP contribution is 2.18. The van der Waals surface area contributed by atoms with Crippen molar-refractivity contribution in [2.45, 2.75) is 25.3 Å². The quantitative estimate of drug-likeness (QED) is 0.880. The molecule has 1 amide bonds. The van der Waals surface area contributed by atoms with Crippen molar-refractivity contribution in [2.75, 3.05) is 0 Å². The summed E-state index contributed by atoms with van der Waals surface area (Å²) in [6.45, 7) is 0. The first-order valence-corrected chi connectivity index (χ1v) is 7.65. The zero-order valence-corrected chi connectivity index (χ0v) is 12.8. The summed E-state index contributed by atoms with van der Waals surface area (Å²) in [5.41, 5.74) is 1.22. The molecule has 0 radical (unpaired) electrons. The lowest BCUT2D eigenvalue weighted by Gasteiger charge is -2.19. The normalized spacial score (nSPS) is 17.2. The first-order valence-electron chi connectivity index (χ1n) is 7.27. The molecule has 1 aliphatic carbocycles. The first kappa shape index (κ1) is 14.7. The monoisotopic (exact) mass is 313 g/mol. The number of carbonyl (C=O) groups excluding carboxylic acids is 1. The second kappa shape index (κ2) is 6.71. The fourth-order valence-corrected chi connectivity index (χ4v) is 2.53. The van der Waals surface area contributed by atoms with Gasteiger partial charge in [0.15, 0.2) is 5.82 Å². The second-order valence-corrected chi connectivity index (χ2v) is 5.66. The van der Waals surface area contributed by atoms with Crippen molar-refractivity contribution in [3.8, 4) is 11.4 Å². The lowest BCUT2D eigenvalue weighted by molar-refractivity contribution is 0.0929. The van der Waals surface area contributed by atoms with Gasteiger partial charge >= 0.3 is 0 Å². The van der Waals surface area contributed by atoms with Gasteiger partial charge < -0.3 is 5.32 Å². The first-order chi connectivity index (χ1) is 10.7. The summed E-state index contributed by atoms with van der Waals surface area (Å²) < 4.78 is 0. The van der Waals surface area contributed by atoms with Crippen LogP contribution < -0.4 is 5.32 Å². The van der Waals surface area contributed by atoms with E-state index >= 15 is 0 Å². The molecule has 0 saturated carbocycles. The van der Waals surface area contributed by atoms with E-state index in [2.05, 4.69) is 27.4 Å². The Bertz CT molecular complexity index is 697. The molecule has 1 aliphatic rings. The average molecular weight is 314 g/mol. The van der Waals surface area contributed by atoms with Crippen LogP contribution in [-0.4, -0.2) is 21.9 Å². The lowest BCUT2D eigenvalue weighted by Crippen LogP contribution is -2.35. The molecule has 1 aromatic carbocycles. The van der Waals surface area contributed by atoms with Crippen LogP contribution in [0.5, 0.6) is 0 Å². The van der Waals surface area contributed by atoms with Gasteiger partial charge in [0.2, 0.25) is 0 Å². The molecular weight excluding hydrogens is 298 g/mol. The molecule has 1 aromatic heterocycles. The minimum absolute atomic E-state index is 0.155. The van der Waals surface area contributed by atoms with Crippen molar-refractivity contribution in [1.29, 1.82) is 0 Å². The zero-order chi connectivity index (χ0) is 15.4. The lowest BCUT2D eigenvalue weighted by atomic mass is 10.0. The summed E-state index contributed by atoms with van der Waals surface area (Å²) in [7, 11) is 0. The van der Waals surface area contributed by atoms with E-state index in [1.54, 1.807) is 24.4 Å². The van der Waals surface area contributed by atoms with Gasteiger partial charge in [0.25, 0.3) is 5.91 Å². The summed E-state index contributed by atoms with van der Waals surface area (Å²) in [6, 6.07) is 9.05. The number of nitrogens with zero attached hydrogens (tertiary/aromatic N) is 2. The van der Waals surface area contributed by atoms with Crippen molar-refractivity contribution in [1.82, 2.24) is 15.3 Å². The second-order valence-electron chi connectivity index (χ2n) is 5.23. The van der Waals surface area contributed by atoms with Gasteiger partial charge in [-0.05, 0) is 49.6 Å². The number of hydrogen-bond acceptors (Lipinski definition) is 3. The van der Waals surface area contributed by atoms with E-state index in [9.17, 15) is 4.79 Å². The van der Waals surface area contributed by atoms with Crippen LogP contribution in [0.3, 0.4) is 0 Å². The Morgan fingerprint density at radius 1 is 1.18 bits per heavy atom. The molecule has 1 atom stereocenters. The van der Waals surface area contributed by atoms with Crippen molar-refractivity contribution >= 4 is 17.5 Å². The summed E-state index contributed by atoms with van der Waals surface area (Å²) in [5, 5.41) is 3.68. The maximum atomic E-state index is 12.3. The largest absolute Gasteiger partial charge is 0.348 e. The zero-order valence-electron chi connectivity index (χ0n) is 12.0. The van der Waals surface area contributed by atoms with Crippen molar-refractivity contribution in [3.05, 3.63) is 59.4 Å². The van der Waals surface area contributed by atoms with Gasteiger partial charge in [-0.2, -0.15) is 0 Å². The molecule has 0 fully saturated rings. The van der Waals surface area contributed by atoms with E-state index in [-0.39, 0.29) is 11.9 Å². The molecule has 0 aliphatic heterocycles. The fraction of sp³-hybridized carbons (Fsp3) is 0.235. The SMILES string of the molecule is O=C(NC1CC=CCC1)c1ccnc(-c2ccc(Cl)cc2)n1. The highest BCUT2D eigenvalue weighted by Gasteiger charge is 2.16. The molecule has 2 aromatic rings. The Morgan fingerprint density at radius 3 is 2.73 bits per heavy atom. The van der Waals surface area contributed by atoms with Crippen LogP contribution in [0.1, 0.15) is 29.8 Å². The molecule has 0 spiro atoms. The van der Waals surface area contributed by atoms with Crippen LogP contribution in [0.15, 0.2) is 48.7 Å². The Kier molecular flexibility index (Phi) is 4.49. The van der Waals surface area contributed by atoms with Gasteiger partial charge in [-0.3, -0.25) is 4.79 Å². The number of nitrogens with one attached hydrogen (secondary N) is 1. The van der Waals surface area contributed by atoms with E-state index in [1.165, 1.54) is 0 Å². The van der Waals surface area contributed by atoms with Crippen LogP contribution >= 0.6 is 11.6 Å². The van der Waals surface area contributed by atoms with E-state index in [0.29, 0.717) is 16.5 Å². The Morgan fingerprint density at radius 2 is 2.00 bits per heavy atom. The third-order valence-electron chi connectivity index (χ3n) is 3.59. The van der Waals surface area contributed by atoms with E-state index in [1.807, 2.05) is 12.1 Å². The van der Waals surface area contributed by atoms with Crippen molar-refractivity contribution in [2.24, 2.45) is 0 Å². The number of benzene rings is 1. The van der Waals surface area contributed by atoms with E-state index < -0.39 is 0 Å². The maximum Gasteiger partial charge on any atom is 0.270 e. The number of hydrogen-bond donors (Lipinski definition) is 1. The molecule has 4 nitrogen and oxygen atoms in total. The Balaban J connectivity index is 1.77. The van der Waals surface area contributed by atoms with Gasteiger partial charge in [-0.15, -0.1) is 0 Å². The smallest absolute Gasteiger partial charge is 0.270 e. The van der Waals surface area contributed by atoms with Crippen LogP contribution in [0, 0.1) is 0 Å². The molecule has 1 unspecified atom stereocenters. The number of carbonyl (C=O) groups is 1. The highest BCUT2D eigenvalue weighted by molar-refractivity contribution is 6.30. The third-order valence-corrected chi connectivity index (χ3v) is 3.85. The van der Waals surface area contributed by atoms with Gasteiger partial charge in [0, 0.05) is 22.8 Å². The fourth-order valence-electron chi connectivity index (χ4n) is 2.41. The minimum Gasteiger partial charge on any atom is -0.348 e. The summed E-state index contributed by atoms with van der Waals surface area (Å²) in [4.78, 5) is 20.9. The predicted molar refractivity (Wildman–Crippen MR) is 86.7 cm³/mol. The summed E-state index contributed by atoms with van der Waals surface area (Å²) >= 11 is 5.88. The molecule has 22 heavy (non-hydrogen) atoms. The van der Waals surface area contributed by atoms with Gasteiger partial charge in [0.05, 0.1) is 0 Å². The highest BCUT2D eigenvalue weighted by atomic mass is 35.5. The maximum absolute atomic E-state index is 12.3. The molecule has 1 heterocycles. The average Bonchev–Trinajstić information content (AvgIpc) is 2.56. The molecule has 5 heteroatoms. The van der Waals surface area contributed by atoms with Crippen molar-refractivity contribution < 1.29 is 4.79 Å². The standard InChI is InChI=1S/C17H16ClN3O/c18-13-8-6-12(7-9-13)16-19-11-10-15(21-16)17(22)20-14-4-2-1-3-5-14/h1-2,6-11,14H,3-5H2,(H,20,22). The number of rotatable bonds is 3. The van der Waals surface area contributed by atoms with Crippen LogP contribution in [0.2, 0.25) is 5.02 Å². The number of allylic oxidation sites excluding steroid dienone is 1. The molecule has 112 valence electrons. The van der Waals surface area contributed by atoms with Crippen LogP contribution in [-0.2, 0) is 0 Å². The van der Waals surface area contributed by atoms with Crippen LogP contribution in [0.25, 0.3) is 11.4 Å². The minimum atomic E-state index is -0.155. The number of halogens is 1.